The molecular formula is C24H38O4. The Kier molecular flexibility index (Phi) is 10.3. The zero-order chi connectivity index (χ0) is 21.2. The highest BCUT2D eigenvalue weighted by Gasteiger charge is 2.32. The van der Waals surface area contributed by atoms with Gasteiger partial charge < -0.3 is 9.47 Å². The van der Waals surface area contributed by atoms with Crippen LogP contribution in [0.2, 0.25) is 0 Å². The molecule has 0 saturated heterocycles. The summed E-state index contributed by atoms with van der Waals surface area (Å²) in [5.74, 6) is 0.0465. The van der Waals surface area contributed by atoms with Crippen molar-refractivity contribution in [1.82, 2.24) is 0 Å². The first-order chi connectivity index (χ1) is 13.1. The maximum atomic E-state index is 11.1. The second-order valence-electron chi connectivity index (χ2n) is 8.60. The minimum atomic E-state index is -0.311. The monoisotopic (exact) mass is 390 g/mol. The van der Waals surface area contributed by atoms with Crippen molar-refractivity contribution in [2.24, 2.45) is 11.3 Å². The van der Waals surface area contributed by atoms with Crippen molar-refractivity contribution in [3.63, 3.8) is 0 Å². The molecule has 0 aromatic carbocycles. The molecule has 1 unspecified atom stereocenters. The van der Waals surface area contributed by atoms with Crippen molar-refractivity contribution in [2.45, 2.75) is 80.1 Å². The topological polar surface area (TPSA) is 52.6 Å². The molecule has 158 valence electrons. The SMILES string of the molecule is CC(=O)OC/C=C(\CC/C=C(\C)CCC1C(C)=CCCC1(C)C)COC(C)=O. The summed E-state index contributed by atoms with van der Waals surface area (Å²) < 4.78 is 10.1. The molecule has 4 heteroatoms. The van der Waals surface area contributed by atoms with Gasteiger partial charge >= 0.3 is 11.9 Å². The summed E-state index contributed by atoms with van der Waals surface area (Å²) in [6.45, 7) is 12.5. The van der Waals surface area contributed by atoms with Crippen molar-refractivity contribution in [2.75, 3.05) is 13.2 Å². The van der Waals surface area contributed by atoms with Gasteiger partial charge in [0, 0.05) is 13.8 Å². The van der Waals surface area contributed by atoms with Crippen LogP contribution in [-0.4, -0.2) is 25.2 Å². The molecule has 0 heterocycles. The molecule has 0 radical (unpaired) electrons. The van der Waals surface area contributed by atoms with Crippen LogP contribution in [0.4, 0.5) is 0 Å². The number of allylic oxidation sites excluding steroid dienone is 4. The van der Waals surface area contributed by atoms with Crippen molar-refractivity contribution >= 4 is 11.9 Å². The van der Waals surface area contributed by atoms with Crippen molar-refractivity contribution < 1.29 is 19.1 Å². The third kappa shape index (κ3) is 9.38. The van der Waals surface area contributed by atoms with Crippen LogP contribution in [0.1, 0.15) is 80.1 Å². The van der Waals surface area contributed by atoms with Crippen molar-refractivity contribution in [1.29, 1.82) is 0 Å². The molecular weight excluding hydrogens is 352 g/mol. The highest BCUT2D eigenvalue weighted by atomic mass is 16.5. The van der Waals surface area contributed by atoms with Crippen molar-refractivity contribution in [3.05, 3.63) is 34.9 Å². The maximum absolute atomic E-state index is 11.1. The van der Waals surface area contributed by atoms with Gasteiger partial charge in [-0.05, 0) is 75.4 Å². The lowest BCUT2D eigenvalue weighted by Crippen LogP contribution is -2.27. The summed E-state index contributed by atoms with van der Waals surface area (Å²) in [6, 6.07) is 0. The minimum Gasteiger partial charge on any atom is -0.462 e. The van der Waals surface area contributed by atoms with Crippen LogP contribution >= 0.6 is 0 Å². The summed E-state index contributed by atoms with van der Waals surface area (Å²) in [4.78, 5) is 22.0. The fourth-order valence-electron chi connectivity index (χ4n) is 3.91. The Balaban J connectivity index is 2.54. The number of carbonyl (C=O) groups is 2. The Morgan fingerprint density at radius 3 is 2.39 bits per heavy atom. The van der Waals surface area contributed by atoms with E-state index in [4.69, 9.17) is 9.47 Å². The van der Waals surface area contributed by atoms with Crippen LogP contribution in [0.15, 0.2) is 34.9 Å². The molecule has 1 aliphatic rings. The van der Waals surface area contributed by atoms with E-state index in [2.05, 4.69) is 39.8 Å². The highest BCUT2D eigenvalue weighted by molar-refractivity contribution is 5.66. The van der Waals surface area contributed by atoms with Crippen molar-refractivity contribution in [3.8, 4) is 0 Å². The largest absolute Gasteiger partial charge is 0.462 e. The first-order valence-corrected chi connectivity index (χ1v) is 10.4. The summed E-state index contributed by atoms with van der Waals surface area (Å²) in [7, 11) is 0. The Morgan fingerprint density at radius 2 is 1.79 bits per heavy atom. The summed E-state index contributed by atoms with van der Waals surface area (Å²) in [6.07, 6.45) is 13.0. The van der Waals surface area contributed by atoms with E-state index in [1.807, 2.05) is 6.08 Å². The summed E-state index contributed by atoms with van der Waals surface area (Å²) in [5.41, 5.74) is 4.31. The quantitative estimate of drug-likeness (QED) is 0.343. The number of hydrogen-bond acceptors (Lipinski definition) is 4. The van der Waals surface area contributed by atoms with E-state index >= 15 is 0 Å². The number of ether oxygens (including phenoxy) is 2. The normalized spacial score (nSPS) is 19.8. The molecule has 0 amide bonds. The molecule has 28 heavy (non-hydrogen) atoms. The smallest absolute Gasteiger partial charge is 0.302 e. The molecule has 1 aliphatic carbocycles. The van der Waals surface area contributed by atoms with Crippen LogP contribution in [0.5, 0.6) is 0 Å². The van der Waals surface area contributed by atoms with Crippen LogP contribution in [-0.2, 0) is 19.1 Å². The zero-order valence-electron chi connectivity index (χ0n) is 18.6. The lowest BCUT2D eigenvalue weighted by Gasteiger charge is -2.38. The Morgan fingerprint density at radius 1 is 1.11 bits per heavy atom. The average Bonchev–Trinajstić information content (AvgIpc) is 2.57. The van der Waals surface area contributed by atoms with E-state index in [0.29, 0.717) is 11.3 Å². The van der Waals surface area contributed by atoms with E-state index in [1.165, 1.54) is 38.7 Å². The van der Waals surface area contributed by atoms with E-state index in [0.717, 1.165) is 24.8 Å². The van der Waals surface area contributed by atoms with Crippen LogP contribution in [0, 0.1) is 11.3 Å². The van der Waals surface area contributed by atoms with Crippen LogP contribution in [0.3, 0.4) is 0 Å². The first kappa shape index (κ1) is 24.2. The molecule has 0 aliphatic heterocycles. The standard InChI is InChI=1S/C24H38O4/c1-18(12-13-23-19(2)10-8-15-24(23,5)6)9-7-11-22(17-28-21(4)26)14-16-27-20(3)25/h9-10,14,23H,7-8,11-13,15-17H2,1-6H3/b18-9+,22-14+. The predicted molar refractivity (Wildman–Crippen MR) is 114 cm³/mol. The second-order valence-corrected chi connectivity index (χ2v) is 8.60. The third-order valence-corrected chi connectivity index (χ3v) is 5.65. The van der Waals surface area contributed by atoms with E-state index < -0.39 is 0 Å². The van der Waals surface area contributed by atoms with Gasteiger partial charge in [0.15, 0.2) is 0 Å². The molecule has 0 aromatic rings. The van der Waals surface area contributed by atoms with Gasteiger partial charge in [0.05, 0.1) is 0 Å². The first-order valence-electron chi connectivity index (χ1n) is 10.4. The van der Waals surface area contributed by atoms with Crippen LogP contribution in [0.25, 0.3) is 0 Å². The average molecular weight is 391 g/mol. The minimum absolute atomic E-state index is 0.219. The van der Waals surface area contributed by atoms with Gasteiger partial charge in [-0.1, -0.05) is 37.1 Å². The summed E-state index contributed by atoms with van der Waals surface area (Å²) in [5, 5.41) is 0. The van der Waals surface area contributed by atoms with Gasteiger partial charge in [0.1, 0.15) is 13.2 Å². The van der Waals surface area contributed by atoms with Gasteiger partial charge in [-0.25, -0.2) is 0 Å². The zero-order valence-corrected chi connectivity index (χ0v) is 18.6. The van der Waals surface area contributed by atoms with Gasteiger partial charge in [0.25, 0.3) is 0 Å². The molecule has 4 nitrogen and oxygen atoms in total. The maximum Gasteiger partial charge on any atom is 0.302 e. The Labute approximate surface area is 171 Å². The molecule has 0 spiro atoms. The van der Waals surface area contributed by atoms with Gasteiger partial charge in [-0.15, -0.1) is 0 Å². The Hall–Kier alpha value is -1.84. The lowest BCUT2D eigenvalue weighted by molar-refractivity contribution is -0.141. The Bertz CT molecular complexity index is 623. The number of hydrogen-bond donors (Lipinski definition) is 0. The third-order valence-electron chi connectivity index (χ3n) is 5.65. The number of rotatable bonds is 10. The van der Waals surface area contributed by atoms with E-state index in [9.17, 15) is 9.59 Å². The second kappa shape index (κ2) is 11.9. The van der Waals surface area contributed by atoms with Gasteiger partial charge in [0.2, 0.25) is 0 Å². The molecule has 0 fully saturated rings. The molecule has 1 rings (SSSR count). The number of esters is 2. The molecule has 1 atom stereocenters. The molecule has 0 saturated carbocycles. The van der Waals surface area contributed by atoms with Crippen LogP contribution < -0.4 is 0 Å². The highest BCUT2D eigenvalue weighted by Crippen LogP contribution is 2.43. The number of carbonyl (C=O) groups excluding carboxylic acids is 2. The fraction of sp³-hybridized carbons (Fsp3) is 0.667. The molecule has 0 N–H and O–H groups in total. The molecule has 0 aromatic heterocycles. The lowest BCUT2D eigenvalue weighted by atomic mass is 9.67. The van der Waals surface area contributed by atoms with Gasteiger partial charge in [-0.2, -0.15) is 0 Å². The van der Waals surface area contributed by atoms with E-state index in [-0.39, 0.29) is 25.2 Å². The van der Waals surface area contributed by atoms with E-state index in [1.54, 1.807) is 5.57 Å². The fourth-order valence-corrected chi connectivity index (χ4v) is 3.91. The predicted octanol–water partition coefficient (Wildman–Crippen LogP) is 5.93. The van der Waals surface area contributed by atoms with Gasteiger partial charge in [-0.3, -0.25) is 9.59 Å². The summed E-state index contributed by atoms with van der Waals surface area (Å²) >= 11 is 0. The molecule has 0 bridgehead atoms.